The van der Waals surface area contributed by atoms with Crippen LogP contribution in [0.4, 0.5) is 0 Å². The number of nitrogens with one attached hydrogen (secondary N) is 1. The van der Waals surface area contributed by atoms with Gasteiger partial charge in [-0.15, -0.1) is 0 Å². The zero-order chi connectivity index (χ0) is 14.8. The molecule has 0 aliphatic heterocycles. The van der Waals surface area contributed by atoms with E-state index in [1.54, 1.807) is 12.1 Å². The number of carbonyl (C=O) groups is 2. The van der Waals surface area contributed by atoms with Gasteiger partial charge in [0.25, 0.3) is 5.91 Å². The molecule has 1 amide bonds. The number of unbranched alkanes of at least 4 members (excludes halogenated alkanes) is 3. The van der Waals surface area contributed by atoms with E-state index in [4.69, 9.17) is 5.11 Å². The maximum atomic E-state index is 11.8. The molecule has 0 radical (unpaired) electrons. The fourth-order valence-electron chi connectivity index (χ4n) is 1.65. The molecule has 1 rings (SSSR count). The first kappa shape index (κ1) is 15.9. The lowest BCUT2D eigenvalue weighted by molar-refractivity contribution is -0.131. The number of nitrogens with zero attached hydrogens (tertiary/aromatic N) is 1. The van der Waals surface area contributed by atoms with Gasteiger partial charge in [-0.25, -0.2) is 4.79 Å². The average Bonchev–Trinajstić information content (AvgIpc) is 2.45. The highest BCUT2D eigenvalue weighted by Gasteiger charge is 2.05. The van der Waals surface area contributed by atoms with Gasteiger partial charge in [0.1, 0.15) is 5.69 Å². The van der Waals surface area contributed by atoms with Crippen LogP contribution in [-0.2, 0) is 4.79 Å². The van der Waals surface area contributed by atoms with E-state index in [0.29, 0.717) is 17.8 Å². The predicted molar refractivity (Wildman–Crippen MR) is 77.4 cm³/mol. The molecule has 0 atom stereocenters. The molecular weight excluding hydrogens is 256 g/mol. The van der Waals surface area contributed by atoms with Crippen LogP contribution in [0.15, 0.2) is 24.4 Å². The molecular formula is C15H20N2O3. The summed E-state index contributed by atoms with van der Waals surface area (Å²) in [6, 6.07) is 3.25. The fourth-order valence-corrected chi connectivity index (χ4v) is 1.65. The third kappa shape index (κ3) is 6.13. The number of pyridine rings is 1. The number of amides is 1. The minimum absolute atomic E-state index is 0.199. The summed E-state index contributed by atoms with van der Waals surface area (Å²) < 4.78 is 0. The summed E-state index contributed by atoms with van der Waals surface area (Å²) in [7, 11) is 0. The molecule has 20 heavy (non-hydrogen) atoms. The molecule has 2 N–H and O–H groups in total. The number of hydrogen-bond acceptors (Lipinski definition) is 3. The molecule has 0 aliphatic rings. The second kappa shape index (κ2) is 8.85. The standard InChI is InChI=1S/C15H20N2O3/c1-2-3-4-5-10-16-15(20)13-8-6-12(11-17-13)7-9-14(18)19/h6-9,11H,2-5,10H2,1H3,(H,16,20)(H,18,19). The number of rotatable bonds is 8. The molecule has 1 aromatic heterocycles. The molecule has 0 aromatic carbocycles. The minimum atomic E-state index is -1.01. The summed E-state index contributed by atoms with van der Waals surface area (Å²) in [5, 5.41) is 11.3. The zero-order valence-corrected chi connectivity index (χ0v) is 11.6. The third-order valence-corrected chi connectivity index (χ3v) is 2.75. The summed E-state index contributed by atoms with van der Waals surface area (Å²) >= 11 is 0. The maximum absolute atomic E-state index is 11.8. The highest BCUT2D eigenvalue weighted by molar-refractivity contribution is 5.92. The van der Waals surface area contributed by atoms with Gasteiger partial charge in [0.05, 0.1) is 0 Å². The Morgan fingerprint density at radius 2 is 2.10 bits per heavy atom. The molecule has 5 nitrogen and oxygen atoms in total. The molecule has 0 saturated heterocycles. The lowest BCUT2D eigenvalue weighted by atomic mass is 10.2. The van der Waals surface area contributed by atoms with Crippen LogP contribution < -0.4 is 5.32 Å². The first-order chi connectivity index (χ1) is 9.63. The highest BCUT2D eigenvalue weighted by Crippen LogP contribution is 2.03. The maximum Gasteiger partial charge on any atom is 0.328 e. The van der Waals surface area contributed by atoms with Crippen molar-refractivity contribution in [2.75, 3.05) is 6.54 Å². The van der Waals surface area contributed by atoms with Gasteiger partial charge in [0, 0.05) is 18.8 Å². The average molecular weight is 276 g/mol. The summed E-state index contributed by atoms with van der Waals surface area (Å²) in [4.78, 5) is 26.2. The number of aliphatic carboxylic acids is 1. The van der Waals surface area contributed by atoms with Crippen molar-refractivity contribution in [3.8, 4) is 0 Å². The number of carboxylic acids is 1. The minimum Gasteiger partial charge on any atom is -0.478 e. The van der Waals surface area contributed by atoms with Gasteiger partial charge in [0.2, 0.25) is 0 Å². The third-order valence-electron chi connectivity index (χ3n) is 2.75. The van der Waals surface area contributed by atoms with E-state index in [1.807, 2.05) is 0 Å². The van der Waals surface area contributed by atoms with Crippen LogP contribution in [0.2, 0.25) is 0 Å². The Hall–Kier alpha value is -2.17. The van der Waals surface area contributed by atoms with Crippen molar-refractivity contribution in [1.82, 2.24) is 10.3 Å². The van der Waals surface area contributed by atoms with E-state index in [0.717, 1.165) is 18.9 Å². The first-order valence-corrected chi connectivity index (χ1v) is 6.78. The number of carbonyl (C=O) groups excluding carboxylic acids is 1. The van der Waals surface area contributed by atoms with Crippen LogP contribution in [-0.4, -0.2) is 28.5 Å². The van der Waals surface area contributed by atoms with Crippen molar-refractivity contribution in [3.05, 3.63) is 35.7 Å². The van der Waals surface area contributed by atoms with E-state index >= 15 is 0 Å². The topological polar surface area (TPSA) is 79.3 Å². The second-order valence-corrected chi connectivity index (χ2v) is 4.46. The van der Waals surface area contributed by atoms with E-state index in [-0.39, 0.29) is 5.91 Å². The van der Waals surface area contributed by atoms with Crippen molar-refractivity contribution in [1.29, 1.82) is 0 Å². The van der Waals surface area contributed by atoms with Gasteiger partial charge < -0.3 is 10.4 Å². The lowest BCUT2D eigenvalue weighted by Crippen LogP contribution is -2.25. The molecule has 0 fully saturated rings. The lowest BCUT2D eigenvalue weighted by Gasteiger charge is -2.04. The van der Waals surface area contributed by atoms with Crippen molar-refractivity contribution in [2.24, 2.45) is 0 Å². The van der Waals surface area contributed by atoms with Gasteiger partial charge in [-0.1, -0.05) is 32.3 Å². The monoisotopic (exact) mass is 276 g/mol. The Labute approximate surface area is 118 Å². The SMILES string of the molecule is CCCCCCNC(=O)c1ccc(C=CC(=O)O)cn1. The van der Waals surface area contributed by atoms with Gasteiger partial charge in [0.15, 0.2) is 0 Å². The van der Waals surface area contributed by atoms with Crippen LogP contribution in [0, 0.1) is 0 Å². The van der Waals surface area contributed by atoms with Gasteiger partial charge in [-0.2, -0.15) is 0 Å². The fraction of sp³-hybridized carbons (Fsp3) is 0.400. The van der Waals surface area contributed by atoms with E-state index in [1.165, 1.54) is 25.1 Å². The molecule has 1 heterocycles. The van der Waals surface area contributed by atoms with Crippen LogP contribution in [0.3, 0.4) is 0 Å². The molecule has 0 saturated carbocycles. The predicted octanol–water partition coefficient (Wildman–Crippen LogP) is 2.49. The van der Waals surface area contributed by atoms with E-state index < -0.39 is 5.97 Å². The van der Waals surface area contributed by atoms with Gasteiger partial charge in [-0.3, -0.25) is 9.78 Å². The summed E-state index contributed by atoms with van der Waals surface area (Å²) in [5.74, 6) is -1.21. The number of aromatic nitrogens is 1. The Morgan fingerprint density at radius 1 is 1.30 bits per heavy atom. The first-order valence-electron chi connectivity index (χ1n) is 6.78. The van der Waals surface area contributed by atoms with Gasteiger partial charge >= 0.3 is 5.97 Å². The highest BCUT2D eigenvalue weighted by atomic mass is 16.4. The molecule has 108 valence electrons. The van der Waals surface area contributed by atoms with E-state index in [9.17, 15) is 9.59 Å². The van der Waals surface area contributed by atoms with Crippen molar-refractivity contribution in [2.45, 2.75) is 32.6 Å². The Bertz CT molecular complexity index is 467. The summed E-state index contributed by atoms with van der Waals surface area (Å²) in [5.41, 5.74) is 0.986. The van der Waals surface area contributed by atoms with E-state index in [2.05, 4.69) is 17.2 Å². The second-order valence-electron chi connectivity index (χ2n) is 4.46. The molecule has 0 unspecified atom stereocenters. The van der Waals surface area contributed by atoms with Crippen LogP contribution in [0.5, 0.6) is 0 Å². The molecule has 0 bridgehead atoms. The van der Waals surface area contributed by atoms with Crippen molar-refractivity contribution < 1.29 is 14.7 Å². The normalized spacial score (nSPS) is 10.7. The summed E-state index contributed by atoms with van der Waals surface area (Å²) in [6.45, 7) is 2.80. The molecule has 5 heteroatoms. The van der Waals surface area contributed by atoms with Crippen LogP contribution >= 0.6 is 0 Å². The molecule has 0 aliphatic carbocycles. The van der Waals surface area contributed by atoms with Gasteiger partial charge in [-0.05, 0) is 24.1 Å². The van der Waals surface area contributed by atoms with Crippen LogP contribution in [0.25, 0.3) is 6.08 Å². The Balaban J connectivity index is 2.43. The van der Waals surface area contributed by atoms with Crippen molar-refractivity contribution >= 4 is 18.0 Å². The molecule has 1 aromatic rings. The largest absolute Gasteiger partial charge is 0.478 e. The quantitative estimate of drug-likeness (QED) is 0.564. The number of hydrogen-bond donors (Lipinski definition) is 2. The summed E-state index contributed by atoms with van der Waals surface area (Å²) in [6.07, 6.45) is 8.37. The van der Waals surface area contributed by atoms with Crippen LogP contribution in [0.1, 0.15) is 48.7 Å². The Kier molecular flexibility index (Phi) is 7.03. The Morgan fingerprint density at radius 3 is 2.70 bits per heavy atom. The smallest absolute Gasteiger partial charge is 0.328 e. The van der Waals surface area contributed by atoms with Crippen molar-refractivity contribution in [3.63, 3.8) is 0 Å². The number of carboxylic acid groups (broad SMARTS) is 1. The molecule has 0 spiro atoms. The zero-order valence-electron chi connectivity index (χ0n) is 11.6.